The Balaban J connectivity index is 2.05. The van der Waals surface area contributed by atoms with Gasteiger partial charge in [-0.1, -0.05) is 18.5 Å². The van der Waals surface area contributed by atoms with Crippen LogP contribution in [-0.4, -0.2) is 4.57 Å². The molecule has 1 aromatic carbocycles. The van der Waals surface area contributed by atoms with E-state index in [1.54, 1.807) is 0 Å². The van der Waals surface area contributed by atoms with Crippen LogP contribution in [0.2, 0.25) is 5.02 Å². The molecule has 0 radical (unpaired) electrons. The Morgan fingerprint density at radius 3 is 2.79 bits per heavy atom. The summed E-state index contributed by atoms with van der Waals surface area (Å²) in [4.78, 5) is 0. The standard InChI is InChI=1S/C14H15ClF2N2/c1-2-4-19-5-3-10(9-19)8-18-14-12(15)6-11(16)7-13(14)17/h3,5-7,9,18H,2,4,8H2,1H3. The molecule has 5 heteroatoms. The maximum atomic E-state index is 13.5. The van der Waals surface area contributed by atoms with E-state index in [4.69, 9.17) is 11.6 Å². The second kappa shape index (κ2) is 6.06. The number of hydrogen-bond donors (Lipinski definition) is 1. The Labute approximate surface area is 116 Å². The molecule has 0 saturated carbocycles. The van der Waals surface area contributed by atoms with Gasteiger partial charge in [0.15, 0.2) is 5.82 Å². The molecule has 0 spiro atoms. The average Bonchev–Trinajstić information content (AvgIpc) is 2.76. The Morgan fingerprint density at radius 1 is 1.32 bits per heavy atom. The van der Waals surface area contributed by atoms with Gasteiger partial charge in [-0.15, -0.1) is 0 Å². The van der Waals surface area contributed by atoms with Gasteiger partial charge in [0.2, 0.25) is 0 Å². The molecular weight excluding hydrogens is 270 g/mol. The van der Waals surface area contributed by atoms with Crippen molar-refractivity contribution in [1.82, 2.24) is 4.57 Å². The Bertz CT molecular complexity index is 543. The Morgan fingerprint density at radius 2 is 2.11 bits per heavy atom. The van der Waals surface area contributed by atoms with Crippen LogP contribution in [0.4, 0.5) is 14.5 Å². The molecule has 1 heterocycles. The highest BCUT2D eigenvalue weighted by Crippen LogP contribution is 2.26. The topological polar surface area (TPSA) is 17.0 Å². The summed E-state index contributed by atoms with van der Waals surface area (Å²) >= 11 is 5.81. The van der Waals surface area contributed by atoms with Crippen molar-refractivity contribution in [3.63, 3.8) is 0 Å². The first kappa shape index (κ1) is 13.9. The molecule has 2 aromatic rings. The van der Waals surface area contributed by atoms with Gasteiger partial charge in [0.1, 0.15) is 5.82 Å². The van der Waals surface area contributed by atoms with Gasteiger partial charge < -0.3 is 9.88 Å². The fourth-order valence-corrected chi connectivity index (χ4v) is 2.16. The molecule has 0 bridgehead atoms. The first-order valence-corrected chi connectivity index (χ1v) is 6.51. The van der Waals surface area contributed by atoms with Crippen LogP contribution in [0.25, 0.3) is 0 Å². The lowest BCUT2D eigenvalue weighted by molar-refractivity contribution is 0.585. The van der Waals surface area contributed by atoms with Crippen molar-refractivity contribution < 1.29 is 8.78 Å². The quantitative estimate of drug-likeness (QED) is 0.859. The fourth-order valence-electron chi connectivity index (χ4n) is 1.89. The van der Waals surface area contributed by atoms with E-state index >= 15 is 0 Å². The average molecular weight is 285 g/mol. The maximum Gasteiger partial charge on any atom is 0.150 e. The summed E-state index contributed by atoms with van der Waals surface area (Å²) in [5, 5.41) is 2.94. The summed E-state index contributed by atoms with van der Waals surface area (Å²) in [5.41, 5.74) is 1.15. The van der Waals surface area contributed by atoms with Gasteiger partial charge in [0.25, 0.3) is 0 Å². The molecule has 1 N–H and O–H groups in total. The van der Waals surface area contributed by atoms with Crippen LogP contribution < -0.4 is 5.32 Å². The zero-order valence-corrected chi connectivity index (χ0v) is 11.3. The molecular formula is C14H15ClF2N2. The van der Waals surface area contributed by atoms with Gasteiger partial charge in [-0.2, -0.15) is 0 Å². The highest BCUT2D eigenvalue weighted by Gasteiger charge is 2.09. The number of nitrogens with zero attached hydrogens (tertiary/aromatic N) is 1. The SMILES string of the molecule is CCCn1ccc(CNc2c(F)cc(F)cc2Cl)c1. The van der Waals surface area contributed by atoms with E-state index in [0.717, 1.165) is 30.7 Å². The van der Waals surface area contributed by atoms with E-state index < -0.39 is 11.6 Å². The van der Waals surface area contributed by atoms with Gasteiger partial charge >= 0.3 is 0 Å². The van der Waals surface area contributed by atoms with E-state index in [1.165, 1.54) is 0 Å². The minimum atomic E-state index is -0.682. The van der Waals surface area contributed by atoms with Crippen LogP contribution >= 0.6 is 11.6 Å². The van der Waals surface area contributed by atoms with Crippen molar-refractivity contribution in [1.29, 1.82) is 0 Å². The number of halogens is 3. The summed E-state index contributed by atoms with van der Waals surface area (Å²) in [6, 6.07) is 3.86. The van der Waals surface area contributed by atoms with Crippen LogP contribution in [0, 0.1) is 11.6 Å². The second-order valence-electron chi connectivity index (χ2n) is 4.36. The van der Waals surface area contributed by atoms with Crippen molar-refractivity contribution in [2.75, 3.05) is 5.32 Å². The predicted octanol–water partition coefficient (Wildman–Crippen LogP) is 4.44. The monoisotopic (exact) mass is 284 g/mol. The van der Waals surface area contributed by atoms with Crippen molar-refractivity contribution >= 4 is 17.3 Å². The van der Waals surface area contributed by atoms with Crippen LogP contribution in [-0.2, 0) is 13.1 Å². The second-order valence-corrected chi connectivity index (χ2v) is 4.76. The Hall–Kier alpha value is -1.55. The van der Waals surface area contributed by atoms with Crippen LogP contribution in [0.3, 0.4) is 0 Å². The van der Waals surface area contributed by atoms with E-state index in [2.05, 4.69) is 16.8 Å². The molecule has 102 valence electrons. The molecule has 2 rings (SSSR count). The number of hydrogen-bond acceptors (Lipinski definition) is 1. The number of aryl methyl sites for hydroxylation is 1. The number of rotatable bonds is 5. The molecule has 0 saturated heterocycles. The van der Waals surface area contributed by atoms with E-state index in [0.29, 0.717) is 6.54 Å². The van der Waals surface area contributed by atoms with Crippen LogP contribution in [0.15, 0.2) is 30.6 Å². The van der Waals surface area contributed by atoms with E-state index in [9.17, 15) is 8.78 Å². The smallest absolute Gasteiger partial charge is 0.150 e. The molecule has 1 aromatic heterocycles. The first-order chi connectivity index (χ1) is 9.10. The zero-order chi connectivity index (χ0) is 13.8. The van der Waals surface area contributed by atoms with Gasteiger partial charge in [-0.05, 0) is 24.1 Å². The minimum Gasteiger partial charge on any atom is -0.377 e. The lowest BCUT2D eigenvalue weighted by Gasteiger charge is -2.08. The summed E-state index contributed by atoms with van der Waals surface area (Å²) < 4.78 is 28.5. The van der Waals surface area contributed by atoms with Crippen molar-refractivity contribution in [2.45, 2.75) is 26.4 Å². The Kier molecular flexibility index (Phi) is 4.43. The summed E-state index contributed by atoms with van der Waals surface area (Å²) in [6.07, 6.45) is 5.02. The van der Waals surface area contributed by atoms with Gasteiger partial charge in [-0.3, -0.25) is 0 Å². The molecule has 0 aliphatic carbocycles. The lowest BCUT2D eigenvalue weighted by atomic mass is 10.2. The highest BCUT2D eigenvalue weighted by atomic mass is 35.5. The summed E-state index contributed by atoms with van der Waals surface area (Å²) in [6.45, 7) is 3.50. The summed E-state index contributed by atoms with van der Waals surface area (Å²) in [7, 11) is 0. The van der Waals surface area contributed by atoms with Crippen molar-refractivity contribution in [2.24, 2.45) is 0 Å². The van der Waals surface area contributed by atoms with E-state index in [-0.39, 0.29) is 10.7 Å². The molecule has 0 aliphatic rings. The van der Waals surface area contributed by atoms with Crippen molar-refractivity contribution in [3.05, 3.63) is 52.8 Å². The largest absolute Gasteiger partial charge is 0.377 e. The molecule has 2 nitrogen and oxygen atoms in total. The van der Waals surface area contributed by atoms with Crippen LogP contribution in [0.5, 0.6) is 0 Å². The first-order valence-electron chi connectivity index (χ1n) is 6.13. The zero-order valence-electron chi connectivity index (χ0n) is 10.6. The third kappa shape index (κ3) is 3.47. The van der Waals surface area contributed by atoms with Gasteiger partial charge in [0, 0.05) is 31.5 Å². The highest BCUT2D eigenvalue weighted by molar-refractivity contribution is 6.33. The van der Waals surface area contributed by atoms with Gasteiger partial charge in [0.05, 0.1) is 10.7 Å². The van der Waals surface area contributed by atoms with E-state index in [1.807, 2.05) is 18.5 Å². The predicted molar refractivity (Wildman–Crippen MR) is 73.4 cm³/mol. The molecule has 0 fully saturated rings. The number of benzene rings is 1. The lowest BCUT2D eigenvalue weighted by Crippen LogP contribution is -2.02. The third-order valence-corrected chi connectivity index (χ3v) is 3.07. The van der Waals surface area contributed by atoms with Crippen LogP contribution in [0.1, 0.15) is 18.9 Å². The molecule has 0 aliphatic heterocycles. The number of nitrogens with one attached hydrogen (secondary N) is 1. The molecule has 0 amide bonds. The van der Waals surface area contributed by atoms with Crippen molar-refractivity contribution in [3.8, 4) is 0 Å². The fraction of sp³-hybridized carbons (Fsp3) is 0.286. The van der Waals surface area contributed by atoms with Gasteiger partial charge in [-0.25, -0.2) is 8.78 Å². The summed E-state index contributed by atoms with van der Waals surface area (Å²) in [5.74, 6) is -1.36. The number of anilines is 1. The molecule has 19 heavy (non-hydrogen) atoms. The molecule has 0 atom stereocenters. The molecule has 0 unspecified atom stereocenters. The minimum absolute atomic E-state index is 0.0468. The maximum absolute atomic E-state index is 13.5. The third-order valence-electron chi connectivity index (χ3n) is 2.77. The number of aromatic nitrogens is 1. The normalized spacial score (nSPS) is 10.7.